The average molecular weight is 405 g/mol. The van der Waals surface area contributed by atoms with E-state index < -0.39 is 5.97 Å². The Balaban J connectivity index is 1.68. The predicted molar refractivity (Wildman–Crippen MR) is 106 cm³/mol. The van der Waals surface area contributed by atoms with Gasteiger partial charge in [0.05, 0.1) is 19.2 Å². The van der Waals surface area contributed by atoms with Gasteiger partial charge in [0, 0.05) is 22.7 Å². The van der Waals surface area contributed by atoms with Crippen molar-refractivity contribution in [2.24, 2.45) is 5.92 Å². The van der Waals surface area contributed by atoms with Gasteiger partial charge in [-0.25, -0.2) is 14.8 Å². The number of thiazole rings is 2. The second-order valence-corrected chi connectivity index (χ2v) is 8.24. The third-order valence-corrected chi connectivity index (χ3v) is 5.52. The van der Waals surface area contributed by atoms with Gasteiger partial charge in [0.15, 0.2) is 16.0 Å². The number of carbonyl (C=O) groups is 2. The topological polar surface area (TPSA) is 86.1 Å². The molecule has 3 rings (SSSR count). The van der Waals surface area contributed by atoms with Crippen LogP contribution in [-0.4, -0.2) is 33.5 Å². The van der Waals surface area contributed by atoms with Crippen LogP contribution in [0.3, 0.4) is 0 Å². The molecule has 0 aliphatic rings. The van der Waals surface area contributed by atoms with Crippen molar-refractivity contribution in [1.29, 1.82) is 0 Å². The average Bonchev–Trinajstić information content (AvgIpc) is 3.34. The largest absolute Gasteiger partial charge is 0.464 e. The molecule has 27 heavy (non-hydrogen) atoms. The summed E-state index contributed by atoms with van der Waals surface area (Å²) < 4.78 is 6.69. The van der Waals surface area contributed by atoms with Crippen LogP contribution >= 0.6 is 22.7 Å². The fourth-order valence-corrected chi connectivity index (χ4v) is 4.42. The molecule has 0 spiro atoms. The number of rotatable bonds is 7. The Bertz CT molecular complexity index is 928. The number of hydrogen-bond acceptors (Lipinski definition) is 7. The number of hydrogen-bond donors (Lipinski definition) is 1. The van der Waals surface area contributed by atoms with Crippen molar-refractivity contribution in [2.45, 2.75) is 26.7 Å². The van der Waals surface area contributed by atoms with E-state index in [2.05, 4.69) is 29.1 Å². The van der Waals surface area contributed by atoms with Gasteiger partial charge in [0.2, 0.25) is 5.91 Å². The summed E-state index contributed by atoms with van der Waals surface area (Å²) >= 11 is 2.78. The lowest BCUT2D eigenvalue weighted by atomic mass is 10.1. The van der Waals surface area contributed by atoms with E-state index in [-0.39, 0.29) is 18.0 Å². The Morgan fingerprint density at radius 2 is 2.00 bits per heavy atom. The highest BCUT2D eigenvalue weighted by molar-refractivity contribution is 7.16. The summed E-state index contributed by atoms with van der Waals surface area (Å²) in [7, 11) is 1.32. The molecule has 142 valence electrons. The molecule has 0 aliphatic carbocycles. The van der Waals surface area contributed by atoms with Crippen molar-refractivity contribution in [1.82, 2.24) is 14.5 Å². The van der Waals surface area contributed by atoms with Crippen molar-refractivity contribution < 1.29 is 14.3 Å². The van der Waals surface area contributed by atoms with Crippen LogP contribution in [0, 0.1) is 5.92 Å². The first-order chi connectivity index (χ1) is 13.0. The molecule has 9 heteroatoms. The molecule has 0 bridgehead atoms. The second kappa shape index (κ2) is 8.45. The highest BCUT2D eigenvalue weighted by Crippen LogP contribution is 2.26. The second-order valence-electron chi connectivity index (χ2n) is 6.32. The van der Waals surface area contributed by atoms with Gasteiger partial charge < -0.3 is 14.6 Å². The van der Waals surface area contributed by atoms with Gasteiger partial charge in [0.1, 0.15) is 0 Å². The van der Waals surface area contributed by atoms with Crippen LogP contribution in [0.1, 0.15) is 34.9 Å². The zero-order valence-electron chi connectivity index (χ0n) is 15.3. The molecule has 0 radical (unpaired) electrons. The van der Waals surface area contributed by atoms with Crippen LogP contribution in [0.15, 0.2) is 29.9 Å². The SMILES string of the molecule is COC(=O)c1nc(NC(=O)Cc2csc(-n3cccc3)n2)sc1CC(C)C. The molecule has 0 aromatic carbocycles. The van der Waals surface area contributed by atoms with Gasteiger partial charge >= 0.3 is 5.97 Å². The standard InChI is InChI=1S/C18H20N4O3S2/c1-11(2)8-13-15(16(24)25-3)21-17(27-13)20-14(23)9-12-10-26-18(19-12)22-6-4-5-7-22/h4-7,10-11H,8-9H2,1-3H3,(H,20,21,23). The molecule has 0 saturated carbocycles. The van der Waals surface area contributed by atoms with Gasteiger partial charge in [-0.05, 0) is 24.5 Å². The van der Waals surface area contributed by atoms with Crippen LogP contribution in [-0.2, 0) is 22.4 Å². The quantitative estimate of drug-likeness (QED) is 0.609. The molecule has 3 heterocycles. The van der Waals surface area contributed by atoms with Crippen molar-refractivity contribution >= 4 is 39.7 Å². The first-order valence-electron chi connectivity index (χ1n) is 8.42. The van der Waals surface area contributed by atoms with Crippen LogP contribution in [0.25, 0.3) is 5.13 Å². The van der Waals surface area contributed by atoms with Crippen molar-refractivity contribution in [2.75, 3.05) is 12.4 Å². The predicted octanol–water partition coefficient (Wildman–Crippen LogP) is 3.56. The van der Waals surface area contributed by atoms with Crippen molar-refractivity contribution in [3.63, 3.8) is 0 Å². The maximum absolute atomic E-state index is 12.4. The maximum Gasteiger partial charge on any atom is 0.357 e. The van der Waals surface area contributed by atoms with Crippen molar-refractivity contribution in [3.05, 3.63) is 46.2 Å². The fourth-order valence-electron chi connectivity index (χ4n) is 2.46. The minimum Gasteiger partial charge on any atom is -0.464 e. The number of ether oxygens (including phenoxy) is 1. The molecule has 0 saturated heterocycles. The summed E-state index contributed by atoms with van der Waals surface area (Å²) in [6, 6.07) is 3.84. The number of nitrogens with zero attached hydrogens (tertiary/aromatic N) is 3. The number of nitrogens with one attached hydrogen (secondary N) is 1. The summed E-state index contributed by atoms with van der Waals surface area (Å²) in [5.74, 6) is -0.349. The minimum absolute atomic E-state index is 0.143. The molecule has 7 nitrogen and oxygen atoms in total. The number of carbonyl (C=O) groups excluding carboxylic acids is 2. The van der Waals surface area contributed by atoms with Crippen LogP contribution in [0.2, 0.25) is 0 Å². The lowest BCUT2D eigenvalue weighted by molar-refractivity contribution is -0.115. The molecule has 0 atom stereocenters. The van der Waals surface area contributed by atoms with E-state index in [0.29, 0.717) is 23.2 Å². The highest BCUT2D eigenvalue weighted by atomic mass is 32.1. The number of aromatic nitrogens is 3. The zero-order valence-corrected chi connectivity index (χ0v) is 16.9. The first kappa shape index (κ1) is 19.2. The summed E-state index contributed by atoms with van der Waals surface area (Å²) in [6.07, 6.45) is 4.65. The lowest BCUT2D eigenvalue weighted by Crippen LogP contribution is -2.15. The number of methoxy groups -OCH3 is 1. The zero-order chi connectivity index (χ0) is 19.4. The highest BCUT2D eigenvalue weighted by Gasteiger charge is 2.20. The number of esters is 1. The van der Waals surface area contributed by atoms with E-state index >= 15 is 0 Å². The molecule has 3 aromatic heterocycles. The van der Waals surface area contributed by atoms with Crippen LogP contribution in [0.5, 0.6) is 0 Å². The van der Waals surface area contributed by atoms with Gasteiger partial charge in [0.25, 0.3) is 0 Å². The summed E-state index contributed by atoms with van der Waals surface area (Å²) in [4.78, 5) is 33.8. The van der Waals surface area contributed by atoms with E-state index in [1.165, 1.54) is 29.8 Å². The Morgan fingerprint density at radius 1 is 1.26 bits per heavy atom. The number of amides is 1. The minimum atomic E-state index is -0.488. The molecule has 0 aliphatic heterocycles. The molecule has 3 aromatic rings. The van der Waals surface area contributed by atoms with E-state index in [1.54, 1.807) is 0 Å². The Kier molecular flexibility index (Phi) is 6.02. The molecule has 0 unspecified atom stereocenters. The van der Waals surface area contributed by atoms with Gasteiger partial charge in [-0.2, -0.15) is 0 Å². The van der Waals surface area contributed by atoms with Gasteiger partial charge in [-0.3, -0.25) is 4.79 Å². The van der Waals surface area contributed by atoms with Gasteiger partial charge in [-0.15, -0.1) is 22.7 Å². The normalized spacial score (nSPS) is 11.0. The van der Waals surface area contributed by atoms with E-state index in [0.717, 1.165) is 10.0 Å². The fraction of sp³-hybridized carbons (Fsp3) is 0.333. The third kappa shape index (κ3) is 4.81. The van der Waals surface area contributed by atoms with E-state index in [4.69, 9.17) is 4.74 Å². The molecule has 1 N–H and O–H groups in total. The number of anilines is 1. The molecule has 0 fully saturated rings. The van der Waals surface area contributed by atoms with Crippen LogP contribution in [0.4, 0.5) is 5.13 Å². The smallest absolute Gasteiger partial charge is 0.357 e. The maximum atomic E-state index is 12.4. The lowest BCUT2D eigenvalue weighted by Gasteiger charge is -2.02. The van der Waals surface area contributed by atoms with E-state index in [1.807, 2.05) is 34.5 Å². The molecular formula is C18H20N4O3S2. The Morgan fingerprint density at radius 3 is 2.67 bits per heavy atom. The van der Waals surface area contributed by atoms with Gasteiger partial charge in [-0.1, -0.05) is 13.8 Å². The van der Waals surface area contributed by atoms with E-state index in [9.17, 15) is 9.59 Å². The third-order valence-electron chi connectivity index (χ3n) is 3.62. The van der Waals surface area contributed by atoms with Crippen LogP contribution < -0.4 is 5.32 Å². The summed E-state index contributed by atoms with van der Waals surface area (Å²) in [5, 5.41) is 5.84. The monoisotopic (exact) mass is 404 g/mol. The summed E-state index contributed by atoms with van der Waals surface area (Å²) in [6.45, 7) is 4.12. The summed E-state index contributed by atoms with van der Waals surface area (Å²) in [5.41, 5.74) is 0.961. The first-order valence-corrected chi connectivity index (χ1v) is 10.1. The van der Waals surface area contributed by atoms with Crippen molar-refractivity contribution in [3.8, 4) is 5.13 Å². The molecular weight excluding hydrogens is 384 g/mol. The Hall–Kier alpha value is -2.52. The molecule has 1 amide bonds. The Labute approximate surface area is 165 Å².